The second-order valence-corrected chi connectivity index (χ2v) is 6.78. The Morgan fingerprint density at radius 1 is 1.27 bits per heavy atom. The minimum atomic E-state index is -0.463. The van der Waals surface area contributed by atoms with Gasteiger partial charge in [0.1, 0.15) is 5.82 Å². The van der Waals surface area contributed by atoms with E-state index >= 15 is 0 Å². The molecule has 2 N–H and O–H groups in total. The first-order valence-electron chi connectivity index (χ1n) is 8.88. The van der Waals surface area contributed by atoms with Crippen LogP contribution >= 0.6 is 12.4 Å². The normalized spacial score (nSPS) is 23.2. The first-order valence-corrected chi connectivity index (χ1v) is 8.88. The number of amides is 3. The number of anilines is 1. The van der Waals surface area contributed by atoms with Crippen LogP contribution in [0.3, 0.4) is 0 Å². The van der Waals surface area contributed by atoms with Gasteiger partial charge in [-0.05, 0) is 31.9 Å². The summed E-state index contributed by atoms with van der Waals surface area (Å²) in [6.07, 6.45) is 1.57. The summed E-state index contributed by atoms with van der Waals surface area (Å²) >= 11 is 0. The van der Waals surface area contributed by atoms with Crippen molar-refractivity contribution in [1.82, 2.24) is 15.1 Å². The molecule has 0 radical (unpaired) electrons. The fourth-order valence-corrected chi connectivity index (χ4v) is 3.52. The molecule has 2 aliphatic heterocycles. The van der Waals surface area contributed by atoms with E-state index in [0.29, 0.717) is 19.6 Å². The number of urea groups is 1. The number of piperazine rings is 1. The summed E-state index contributed by atoms with van der Waals surface area (Å²) in [4.78, 5) is 28.8. The Bertz CT molecular complexity index is 645. The monoisotopic (exact) mass is 384 g/mol. The molecular formula is C18H26ClFN4O2. The van der Waals surface area contributed by atoms with Gasteiger partial charge in [0.2, 0.25) is 5.91 Å². The Balaban J connectivity index is 0.00000243. The Kier molecular flexibility index (Phi) is 7.23. The van der Waals surface area contributed by atoms with E-state index in [1.165, 1.54) is 12.1 Å². The highest BCUT2D eigenvalue weighted by atomic mass is 35.5. The average Bonchev–Trinajstić information content (AvgIpc) is 2.63. The van der Waals surface area contributed by atoms with Crippen LogP contribution in [-0.4, -0.2) is 60.5 Å². The van der Waals surface area contributed by atoms with Crippen molar-refractivity contribution in [2.45, 2.75) is 25.8 Å². The summed E-state index contributed by atoms with van der Waals surface area (Å²) in [6, 6.07) is 5.91. The van der Waals surface area contributed by atoms with E-state index < -0.39 is 5.82 Å². The second-order valence-electron chi connectivity index (χ2n) is 6.78. The van der Waals surface area contributed by atoms with Crippen LogP contribution in [0.15, 0.2) is 24.3 Å². The lowest BCUT2D eigenvalue weighted by atomic mass is 9.95. The minimum Gasteiger partial charge on any atom is -0.337 e. The SMILES string of the molecule is C[C@H]1CNCCN1C(=O)C1CCCN(C(=O)Nc2ccccc2F)C1.Cl. The summed E-state index contributed by atoms with van der Waals surface area (Å²) in [7, 11) is 0. The Morgan fingerprint density at radius 2 is 2.04 bits per heavy atom. The summed E-state index contributed by atoms with van der Waals surface area (Å²) in [6.45, 7) is 5.32. The van der Waals surface area contributed by atoms with Gasteiger partial charge in [0.15, 0.2) is 0 Å². The standard InChI is InChI=1S/C18H25FN4O2.ClH/c1-13-11-20-8-10-23(13)17(24)14-5-4-9-22(12-14)18(25)21-16-7-3-2-6-15(16)19;/h2-3,6-7,13-14,20H,4-5,8-12H2,1H3,(H,21,25);1H/t13-,14?;/m0./s1. The van der Waals surface area contributed by atoms with Gasteiger partial charge in [0, 0.05) is 38.8 Å². The van der Waals surface area contributed by atoms with E-state index in [0.717, 1.165) is 25.9 Å². The highest BCUT2D eigenvalue weighted by Gasteiger charge is 2.33. The lowest BCUT2D eigenvalue weighted by molar-refractivity contribution is -0.139. The molecule has 3 rings (SSSR count). The zero-order valence-corrected chi connectivity index (χ0v) is 15.7. The van der Waals surface area contributed by atoms with Crippen molar-refractivity contribution in [3.8, 4) is 0 Å². The summed E-state index contributed by atoms with van der Waals surface area (Å²) in [5.41, 5.74) is 0.164. The van der Waals surface area contributed by atoms with Gasteiger partial charge in [0.25, 0.3) is 0 Å². The number of hydrogen-bond donors (Lipinski definition) is 2. The summed E-state index contributed by atoms with van der Waals surface area (Å²) < 4.78 is 13.7. The van der Waals surface area contributed by atoms with Crippen molar-refractivity contribution in [2.75, 3.05) is 38.0 Å². The largest absolute Gasteiger partial charge is 0.337 e. The van der Waals surface area contributed by atoms with Gasteiger partial charge in [-0.2, -0.15) is 0 Å². The van der Waals surface area contributed by atoms with Gasteiger partial charge < -0.3 is 20.4 Å². The molecule has 0 spiro atoms. The van der Waals surface area contributed by atoms with Gasteiger partial charge >= 0.3 is 6.03 Å². The highest BCUT2D eigenvalue weighted by molar-refractivity contribution is 5.90. The van der Waals surface area contributed by atoms with Crippen molar-refractivity contribution < 1.29 is 14.0 Å². The topological polar surface area (TPSA) is 64.7 Å². The number of para-hydroxylation sites is 1. The van der Waals surface area contributed by atoms with E-state index in [-0.39, 0.29) is 42.0 Å². The van der Waals surface area contributed by atoms with Gasteiger partial charge in [-0.15, -0.1) is 12.4 Å². The number of nitrogens with zero attached hydrogens (tertiary/aromatic N) is 2. The predicted molar refractivity (Wildman–Crippen MR) is 101 cm³/mol. The van der Waals surface area contributed by atoms with E-state index in [2.05, 4.69) is 10.6 Å². The molecule has 3 amide bonds. The number of carbonyl (C=O) groups is 2. The molecule has 0 bridgehead atoms. The lowest BCUT2D eigenvalue weighted by Gasteiger charge is -2.39. The molecular weight excluding hydrogens is 359 g/mol. The third-order valence-corrected chi connectivity index (χ3v) is 4.96. The molecule has 2 fully saturated rings. The van der Waals surface area contributed by atoms with Crippen LogP contribution in [0.1, 0.15) is 19.8 Å². The fourth-order valence-electron chi connectivity index (χ4n) is 3.52. The first-order chi connectivity index (χ1) is 12.1. The number of hydrogen-bond acceptors (Lipinski definition) is 3. The fraction of sp³-hybridized carbons (Fsp3) is 0.556. The van der Waals surface area contributed by atoms with Crippen LogP contribution in [0.25, 0.3) is 0 Å². The number of likely N-dealkylation sites (tertiary alicyclic amines) is 1. The summed E-state index contributed by atoms with van der Waals surface area (Å²) in [5, 5.41) is 5.88. The van der Waals surface area contributed by atoms with Crippen molar-refractivity contribution in [3.63, 3.8) is 0 Å². The smallest absolute Gasteiger partial charge is 0.321 e. The van der Waals surface area contributed by atoms with E-state index in [9.17, 15) is 14.0 Å². The quantitative estimate of drug-likeness (QED) is 0.822. The average molecular weight is 385 g/mol. The lowest BCUT2D eigenvalue weighted by Crippen LogP contribution is -2.56. The molecule has 2 aliphatic rings. The number of carbonyl (C=O) groups excluding carboxylic acids is 2. The molecule has 0 saturated carbocycles. The molecule has 26 heavy (non-hydrogen) atoms. The molecule has 144 valence electrons. The van der Waals surface area contributed by atoms with E-state index in [1.807, 2.05) is 11.8 Å². The predicted octanol–water partition coefficient (Wildman–Crippen LogP) is 2.31. The van der Waals surface area contributed by atoms with Gasteiger partial charge in [-0.3, -0.25) is 4.79 Å². The summed E-state index contributed by atoms with van der Waals surface area (Å²) in [5.74, 6) is -0.520. The van der Waals surface area contributed by atoms with Crippen LogP contribution in [0.5, 0.6) is 0 Å². The number of nitrogens with one attached hydrogen (secondary N) is 2. The molecule has 8 heteroatoms. The number of piperidine rings is 1. The molecule has 2 heterocycles. The molecule has 1 aromatic carbocycles. The van der Waals surface area contributed by atoms with Crippen LogP contribution in [0, 0.1) is 11.7 Å². The molecule has 2 atom stereocenters. The zero-order valence-electron chi connectivity index (χ0n) is 14.9. The maximum Gasteiger partial charge on any atom is 0.321 e. The molecule has 0 aromatic heterocycles. The molecule has 0 aliphatic carbocycles. The maximum absolute atomic E-state index is 13.7. The zero-order chi connectivity index (χ0) is 17.8. The second kappa shape index (κ2) is 9.19. The first kappa shape index (κ1) is 20.5. The number of rotatable bonds is 2. The molecule has 1 unspecified atom stereocenters. The maximum atomic E-state index is 13.7. The van der Waals surface area contributed by atoms with Crippen LogP contribution < -0.4 is 10.6 Å². The molecule has 2 saturated heterocycles. The van der Waals surface area contributed by atoms with Gasteiger partial charge in [0.05, 0.1) is 11.6 Å². The highest BCUT2D eigenvalue weighted by Crippen LogP contribution is 2.22. The van der Waals surface area contributed by atoms with E-state index in [4.69, 9.17) is 0 Å². The Morgan fingerprint density at radius 3 is 2.77 bits per heavy atom. The van der Waals surface area contributed by atoms with Crippen LogP contribution in [0.4, 0.5) is 14.9 Å². The third-order valence-electron chi connectivity index (χ3n) is 4.96. The van der Waals surface area contributed by atoms with Crippen molar-refractivity contribution in [2.24, 2.45) is 5.92 Å². The van der Waals surface area contributed by atoms with E-state index in [1.54, 1.807) is 17.0 Å². The Labute approximate surface area is 159 Å². The molecule has 1 aromatic rings. The van der Waals surface area contributed by atoms with Crippen molar-refractivity contribution >= 4 is 30.0 Å². The van der Waals surface area contributed by atoms with Gasteiger partial charge in [-0.1, -0.05) is 12.1 Å². The van der Waals surface area contributed by atoms with Gasteiger partial charge in [-0.25, -0.2) is 9.18 Å². The number of benzene rings is 1. The van der Waals surface area contributed by atoms with Crippen molar-refractivity contribution in [3.05, 3.63) is 30.1 Å². The number of halogens is 2. The van der Waals surface area contributed by atoms with Crippen LogP contribution in [0.2, 0.25) is 0 Å². The minimum absolute atomic E-state index is 0. The molecule has 6 nitrogen and oxygen atoms in total. The van der Waals surface area contributed by atoms with Crippen LogP contribution in [-0.2, 0) is 4.79 Å². The third kappa shape index (κ3) is 4.65. The van der Waals surface area contributed by atoms with Crippen molar-refractivity contribution in [1.29, 1.82) is 0 Å². The Hall–Kier alpha value is -1.86.